The third-order valence-corrected chi connectivity index (χ3v) is 7.20. The number of methoxy groups -OCH3 is 1. The quantitative estimate of drug-likeness (QED) is 0.557. The van der Waals surface area contributed by atoms with Gasteiger partial charge in [-0.25, -0.2) is 13.2 Å². The summed E-state index contributed by atoms with van der Waals surface area (Å²) >= 11 is 0. The fourth-order valence-corrected chi connectivity index (χ4v) is 5.24. The molecule has 1 saturated heterocycles. The van der Waals surface area contributed by atoms with Crippen LogP contribution < -0.4 is 21.1 Å². The lowest BCUT2D eigenvalue weighted by atomic mass is 10.0. The number of primary amides is 1. The fraction of sp³-hybridized carbons (Fsp3) is 0.364. The first kappa shape index (κ1) is 23.6. The molecule has 32 heavy (non-hydrogen) atoms. The van der Waals surface area contributed by atoms with Crippen molar-refractivity contribution in [2.24, 2.45) is 5.73 Å². The number of rotatable bonds is 8. The molecule has 0 spiro atoms. The van der Waals surface area contributed by atoms with Crippen LogP contribution in [0.4, 0.5) is 10.5 Å². The molecule has 0 bridgehead atoms. The van der Waals surface area contributed by atoms with E-state index in [2.05, 4.69) is 10.6 Å². The Kier molecular flexibility index (Phi) is 7.70. The van der Waals surface area contributed by atoms with Gasteiger partial charge in [0.25, 0.3) is 0 Å². The smallest absolute Gasteiger partial charge is 0.312 e. The van der Waals surface area contributed by atoms with Crippen molar-refractivity contribution in [1.82, 2.24) is 9.62 Å². The molecule has 10 heteroatoms. The largest absolute Gasteiger partial charge is 0.495 e. The summed E-state index contributed by atoms with van der Waals surface area (Å²) in [7, 11) is -2.24. The summed E-state index contributed by atoms with van der Waals surface area (Å²) in [6, 6.07) is 12.0. The topological polar surface area (TPSA) is 131 Å². The summed E-state index contributed by atoms with van der Waals surface area (Å²) in [5.41, 5.74) is 6.23. The SMILES string of the molecule is COc1ccc(S(=O)(=O)N2CCCCC2)cc1NC(=O)CC(NC(N)=O)c1ccccc1. The number of amides is 3. The molecule has 3 amide bonds. The number of carbonyl (C=O) groups is 2. The molecule has 1 atom stereocenters. The first-order valence-corrected chi connectivity index (χ1v) is 11.8. The number of ether oxygens (including phenoxy) is 1. The number of carbonyl (C=O) groups excluding carboxylic acids is 2. The van der Waals surface area contributed by atoms with Crippen LogP contribution >= 0.6 is 0 Å². The Balaban J connectivity index is 1.81. The molecule has 2 aromatic carbocycles. The standard InChI is InChI=1S/C22H28N4O5S/c1-31-20-11-10-17(32(29,30)26-12-6-3-7-13-26)14-19(20)24-21(27)15-18(25-22(23)28)16-8-4-2-5-9-16/h2,4-5,8-11,14,18H,3,6-7,12-13,15H2,1H3,(H,24,27)(H3,23,25,28). The minimum atomic E-state index is -3.67. The van der Waals surface area contributed by atoms with Crippen LogP contribution in [0.15, 0.2) is 53.4 Å². The van der Waals surface area contributed by atoms with E-state index in [0.717, 1.165) is 24.8 Å². The lowest BCUT2D eigenvalue weighted by Crippen LogP contribution is -2.36. The van der Waals surface area contributed by atoms with Gasteiger partial charge in [0.15, 0.2) is 0 Å². The van der Waals surface area contributed by atoms with Crippen molar-refractivity contribution in [2.45, 2.75) is 36.6 Å². The zero-order valence-electron chi connectivity index (χ0n) is 17.9. The Labute approximate surface area is 188 Å². The van der Waals surface area contributed by atoms with Crippen LogP contribution in [0.2, 0.25) is 0 Å². The van der Waals surface area contributed by atoms with Gasteiger partial charge in [-0.05, 0) is 36.6 Å². The van der Waals surface area contributed by atoms with Crippen molar-refractivity contribution in [1.29, 1.82) is 0 Å². The summed E-state index contributed by atoms with van der Waals surface area (Å²) in [5, 5.41) is 5.28. The van der Waals surface area contributed by atoms with Gasteiger partial charge in [0, 0.05) is 13.1 Å². The van der Waals surface area contributed by atoms with Crippen LogP contribution in [0, 0.1) is 0 Å². The molecule has 1 unspecified atom stereocenters. The highest BCUT2D eigenvalue weighted by Gasteiger charge is 2.27. The van der Waals surface area contributed by atoms with Gasteiger partial charge in [-0.1, -0.05) is 36.8 Å². The van der Waals surface area contributed by atoms with Gasteiger partial charge >= 0.3 is 6.03 Å². The van der Waals surface area contributed by atoms with Crippen molar-refractivity contribution in [3.05, 3.63) is 54.1 Å². The number of nitrogens with zero attached hydrogens (tertiary/aromatic N) is 1. The van der Waals surface area contributed by atoms with Crippen molar-refractivity contribution in [2.75, 3.05) is 25.5 Å². The molecule has 0 aliphatic carbocycles. The number of piperidine rings is 1. The van der Waals surface area contributed by atoms with Crippen LogP contribution in [0.25, 0.3) is 0 Å². The Hall–Kier alpha value is -3.11. The van der Waals surface area contributed by atoms with E-state index in [4.69, 9.17) is 10.5 Å². The van der Waals surface area contributed by atoms with Crippen LogP contribution in [0.5, 0.6) is 5.75 Å². The van der Waals surface area contributed by atoms with Gasteiger partial charge in [0.05, 0.1) is 30.2 Å². The van der Waals surface area contributed by atoms with Gasteiger partial charge in [-0.3, -0.25) is 4.79 Å². The van der Waals surface area contributed by atoms with E-state index >= 15 is 0 Å². The van der Waals surface area contributed by atoms with E-state index in [0.29, 0.717) is 18.8 Å². The molecule has 4 N–H and O–H groups in total. The second kappa shape index (κ2) is 10.5. The third kappa shape index (κ3) is 5.77. The van der Waals surface area contributed by atoms with E-state index in [9.17, 15) is 18.0 Å². The van der Waals surface area contributed by atoms with Gasteiger partial charge < -0.3 is 21.1 Å². The highest BCUT2D eigenvalue weighted by molar-refractivity contribution is 7.89. The molecule has 2 aromatic rings. The highest BCUT2D eigenvalue weighted by atomic mass is 32.2. The molecule has 1 heterocycles. The maximum Gasteiger partial charge on any atom is 0.312 e. The number of sulfonamides is 1. The average molecular weight is 461 g/mol. The van der Waals surface area contributed by atoms with Gasteiger partial charge in [-0.2, -0.15) is 4.31 Å². The van der Waals surface area contributed by atoms with Crippen molar-refractivity contribution in [3.63, 3.8) is 0 Å². The van der Waals surface area contributed by atoms with Crippen molar-refractivity contribution >= 4 is 27.6 Å². The van der Waals surface area contributed by atoms with E-state index in [1.807, 2.05) is 6.07 Å². The fourth-order valence-electron chi connectivity index (χ4n) is 3.70. The minimum absolute atomic E-state index is 0.0883. The predicted octanol–water partition coefficient (Wildman–Crippen LogP) is 2.61. The van der Waals surface area contributed by atoms with E-state index in [1.165, 1.54) is 29.6 Å². The van der Waals surface area contributed by atoms with E-state index < -0.39 is 28.0 Å². The monoisotopic (exact) mass is 460 g/mol. The maximum absolute atomic E-state index is 13.0. The first-order chi connectivity index (χ1) is 15.3. The molecule has 9 nitrogen and oxygen atoms in total. The van der Waals surface area contributed by atoms with Crippen molar-refractivity contribution in [3.8, 4) is 5.75 Å². The number of urea groups is 1. The predicted molar refractivity (Wildman–Crippen MR) is 121 cm³/mol. The summed E-state index contributed by atoms with van der Waals surface area (Å²) in [5.74, 6) is -0.103. The average Bonchev–Trinajstić information content (AvgIpc) is 2.79. The van der Waals surface area contributed by atoms with E-state index in [-0.39, 0.29) is 17.0 Å². The Morgan fingerprint density at radius 3 is 2.41 bits per heavy atom. The minimum Gasteiger partial charge on any atom is -0.495 e. The normalized spacial score (nSPS) is 15.5. The molecule has 1 fully saturated rings. The van der Waals surface area contributed by atoms with Crippen molar-refractivity contribution < 1.29 is 22.7 Å². The number of hydrogen-bond acceptors (Lipinski definition) is 5. The van der Waals surface area contributed by atoms with Crippen LogP contribution in [0.3, 0.4) is 0 Å². The maximum atomic E-state index is 13.0. The van der Waals surface area contributed by atoms with Gasteiger partial charge in [0.1, 0.15) is 5.75 Å². The molecule has 0 saturated carbocycles. The zero-order chi connectivity index (χ0) is 23.1. The summed E-state index contributed by atoms with van der Waals surface area (Å²) < 4.78 is 32.8. The molecular weight excluding hydrogens is 432 g/mol. The summed E-state index contributed by atoms with van der Waals surface area (Å²) in [6.45, 7) is 0.960. The second-order valence-corrected chi connectivity index (χ2v) is 9.49. The first-order valence-electron chi connectivity index (χ1n) is 10.4. The lowest BCUT2D eigenvalue weighted by Gasteiger charge is -2.26. The number of nitrogens with two attached hydrogens (primary N) is 1. The van der Waals surface area contributed by atoms with Gasteiger partial charge in [0.2, 0.25) is 15.9 Å². The third-order valence-electron chi connectivity index (χ3n) is 5.31. The van der Waals surface area contributed by atoms with Crippen LogP contribution in [0.1, 0.15) is 37.3 Å². The Morgan fingerprint density at radius 2 is 1.78 bits per heavy atom. The molecule has 172 valence electrons. The molecule has 3 rings (SSSR count). The molecule has 1 aliphatic heterocycles. The molecule has 0 radical (unpaired) electrons. The van der Waals surface area contributed by atoms with E-state index in [1.54, 1.807) is 24.3 Å². The van der Waals surface area contributed by atoms with Gasteiger partial charge in [-0.15, -0.1) is 0 Å². The van der Waals surface area contributed by atoms with Crippen LogP contribution in [-0.2, 0) is 14.8 Å². The van der Waals surface area contributed by atoms with Crippen LogP contribution in [-0.4, -0.2) is 44.9 Å². The number of hydrogen-bond donors (Lipinski definition) is 3. The Morgan fingerprint density at radius 1 is 1.09 bits per heavy atom. The summed E-state index contributed by atoms with van der Waals surface area (Å²) in [4.78, 5) is 24.3. The molecule has 1 aliphatic rings. The number of anilines is 1. The zero-order valence-corrected chi connectivity index (χ0v) is 18.7. The number of benzene rings is 2. The summed E-state index contributed by atoms with van der Waals surface area (Å²) in [6.07, 6.45) is 2.57. The Bertz CT molecular complexity index is 1050. The molecule has 0 aromatic heterocycles. The number of nitrogens with one attached hydrogen (secondary N) is 2. The lowest BCUT2D eigenvalue weighted by molar-refractivity contribution is -0.116. The second-order valence-electron chi connectivity index (χ2n) is 7.55. The molecular formula is C22H28N4O5S. The highest BCUT2D eigenvalue weighted by Crippen LogP contribution is 2.30.